The Hall–Kier alpha value is -4.77. The third-order valence-corrected chi connectivity index (χ3v) is 9.98. The topological polar surface area (TPSA) is 51.8 Å². The Morgan fingerprint density at radius 2 is 1.17 bits per heavy atom. The highest BCUT2D eigenvalue weighted by Crippen LogP contribution is 2.58. The molecule has 9 heteroatoms. The molecule has 0 N–H and O–H groups in total. The maximum atomic E-state index is 6.59. The molecule has 2 aromatic heterocycles. The minimum absolute atomic E-state index is 0.135. The van der Waals surface area contributed by atoms with Crippen LogP contribution in [0.1, 0.15) is 46.8 Å². The molecule has 0 saturated heterocycles. The van der Waals surface area contributed by atoms with E-state index in [1.54, 1.807) is 0 Å². The number of hydrogen-bond acceptors (Lipinski definition) is 4. The predicted octanol–water partition coefficient (Wildman–Crippen LogP) is 2.65. The van der Waals surface area contributed by atoms with Crippen molar-refractivity contribution < 1.29 is 4.42 Å². The molecule has 7 aromatic rings. The molecule has 0 amide bonds. The Morgan fingerprint density at radius 3 is 1.89 bits per heavy atom. The average Bonchev–Trinajstić information content (AvgIpc) is 3.48. The second-order valence-corrected chi connectivity index (χ2v) is 12.2. The number of rotatable bonds is 3. The third kappa shape index (κ3) is 3.66. The SMILES string of the molecule is [B]c1c([B])c([B])c(-c2nc(-c3ccc4c(c3)oc3ccccc34)nc(C34CCC(c5ccccc53)c3ccccc34)n2)c([B])c1[B]. The van der Waals surface area contributed by atoms with E-state index < -0.39 is 5.41 Å². The summed E-state index contributed by atoms with van der Waals surface area (Å²) in [4.78, 5) is 15.4. The monoisotopic (exact) mass is 577 g/mol. The van der Waals surface area contributed by atoms with Gasteiger partial charge in [-0.2, -0.15) is 0 Å². The predicted molar refractivity (Wildman–Crippen MR) is 189 cm³/mol. The molecule has 2 heterocycles. The molecule has 0 unspecified atom stereocenters. The maximum Gasteiger partial charge on any atom is 0.163 e. The van der Waals surface area contributed by atoms with Gasteiger partial charge in [0.2, 0.25) is 0 Å². The summed E-state index contributed by atoms with van der Waals surface area (Å²) in [5, 5.41) is 2.05. The lowest BCUT2D eigenvalue weighted by molar-refractivity contribution is 0.409. The quantitative estimate of drug-likeness (QED) is 0.304. The molecule has 10 rings (SSSR count). The molecular formula is C37H20B5N3O. The lowest BCUT2D eigenvalue weighted by atomic mass is 9.55. The summed E-state index contributed by atoms with van der Waals surface area (Å²) in [5.74, 6) is 1.64. The first kappa shape index (κ1) is 27.5. The van der Waals surface area contributed by atoms with Crippen molar-refractivity contribution in [2.75, 3.05) is 0 Å². The van der Waals surface area contributed by atoms with Gasteiger partial charge in [-0.25, -0.2) is 15.0 Å². The fraction of sp³-hybridized carbons (Fsp3) is 0.108. The van der Waals surface area contributed by atoms with Crippen LogP contribution in [0.3, 0.4) is 0 Å². The summed E-state index contributed by atoms with van der Waals surface area (Å²) >= 11 is 0. The smallest absolute Gasteiger partial charge is 0.163 e. The molecule has 10 radical (unpaired) electrons. The third-order valence-electron chi connectivity index (χ3n) is 9.98. The molecule has 0 spiro atoms. The van der Waals surface area contributed by atoms with Crippen molar-refractivity contribution in [3.63, 3.8) is 0 Å². The Bertz CT molecular complexity index is 2340. The lowest BCUT2D eigenvalue weighted by Crippen LogP contribution is -2.55. The van der Waals surface area contributed by atoms with Crippen LogP contribution in [-0.4, -0.2) is 54.2 Å². The van der Waals surface area contributed by atoms with Crippen molar-refractivity contribution >= 4 is 88.5 Å². The number of furan rings is 1. The molecule has 4 nitrogen and oxygen atoms in total. The normalized spacial score (nSPS) is 18.1. The molecule has 0 fully saturated rings. The van der Waals surface area contributed by atoms with E-state index in [2.05, 4.69) is 54.6 Å². The first-order chi connectivity index (χ1) is 22.4. The van der Waals surface area contributed by atoms with Gasteiger partial charge in [0.25, 0.3) is 0 Å². The summed E-state index contributed by atoms with van der Waals surface area (Å²) in [6.07, 6.45) is 1.79. The van der Waals surface area contributed by atoms with Crippen LogP contribution in [0.15, 0.2) is 95.4 Å². The van der Waals surface area contributed by atoms with Crippen molar-refractivity contribution in [2.45, 2.75) is 24.2 Å². The number of para-hydroxylation sites is 1. The van der Waals surface area contributed by atoms with Crippen molar-refractivity contribution in [3.05, 3.63) is 119 Å². The van der Waals surface area contributed by atoms with E-state index in [4.69, 9.17) is 58.6 Å². The van der Waals surface area contributed by atoms with Crippen LogP contribution in [0, 0.1) is 0 Å². The van der Waals surface area contributed by atoms with Crippen LogP contribution in [0.25, 0.3) is 44.7 Å². The molecule has 0 aliphatic heterocycles. The molecule has 3 aliphatic carbocycles. The molecule has 204 valence electrons. The van der Waals surface area contributed by atoms with Gasteiger partial charge in [0.15, 0.2) is 11.6 Å². The zero-order valence-electron chi connectivity index (χ0n) is 24.8. The average molecular weight is 577 g/mol. The van der Waals surface area contributed by atoms with Crippen molar-refractivity contribution in [3.8, 4) is 22.8 Å². The standard InChI is InChI=1S/C37H20B5N3O/c38-29-28(30(39)32(41)33(42)31(29)40)35-43-34(18-13-14-23-22-9-3-6-12-26(22)46-27(23)17-18)44-36(45-35)37-16-15-19(20-7-1-4-10-24(20)37)21-8-2-5-11-25(21)37/h1-14,17,19H,15-16H2. The minimum atomic E-state index is -0.633. The summed E-state index contributed by atoms with van der Waals surface area (Å²) in [6, 6.07) is 31.2. The van der Waals surface area contributed by atoms with E-state index in [1.165, 1.54) is 22.3 Å². The second kappa shape index (κ2) is 9.87. The number of nitrogens with zero attached hydrogens (tertiary/aromatic N) is 3. The number of benzene rings is 5. The van der Waals surface area contributed by atoms with Crippen LogP contribution in [0.5, 0.6) is 0 Å². The summed E-state index contributed by atoms with van der Waals surface area (Å²) in [7, 11) is 32.0. The molecule has 0 atom stereocenters. The van der Waals surface area contributed by atoms with Crippen LogP contribution >= 0.6 is 0 Å². The van der Waals surface area contributed by atoms with E-state index >= 15 is 0 Å². The van der Waals surface area contributed by atoms with Gasteiger partial charge in [0.1, 0.15) is 56.2 Å². The number of hydrogen-bond donors (Lipinski definition) is 0. The fourth-order valence-electron chi connectivity index (χ4n) is 7.75. The highest BCUT2D eigenvalue weighted by molar-refractivity contribution is 6.68. The van der Waals surface area contributed by atoms with Gasteiger partial charge in [-0.3, -0.25) is 0 Å². The summed E-state index contributed by atoms with van der Waals surface area (Å²) in [5.41, 5.74) is 7.73. The molecule has 3 aliphatic rings. The Kier molecular flexibility index (Phi) is 5.91. The van der Waals surface area contributed by atoms with Crippen LogP contribution in [-0.2, 0) is 5.41 Å². The largest absolute Gasteiger partial charge is 0.456 e. The molecule has 5 aromatic carbocycles. The summed E-state index contributed by atoms with van der Waals surface area (Å²) < 4.78 is 6.24. The van der Waals surface area contributed by atoms with E-state index in [0.29, 0.717) is 23.1 Å². The summed E-state index contributed by atoms with van der Waals surface area (Å²) in [6.45, 7) is 0. The minimum Gasteiger partial charge on any atom is -0.456 e. The molecule has 2 bridgehead atoms. The fourth-order valence-corrected chi connectivity index (χ4v) is 7.75. The van der Waals surface area contributed by atoms with Gasteiger partial charge >= 0.3 is 0 Å². The zero-order valence-corrected chi connectivity index (χ0v) is 24.8. The van der Waals surface area contributed by atoms with Gasteiger partial charge in [-0.05, 0) is 53.3 Å². The zero-order chi connectivity index (χ0) is 31.3. The van der Waals surface area contributed by atoms with Crippen LogP contribution in [0.2, 0.25) is 0 Å². The Balaban J connectivity index is 1.36. The highest BCUT2D eigenvalue weighted by atomic mass is 16.3. The molecule has 0 saturated carbocycles. The van der Waals surface area contributed by atoms with Gasteiger partial charge < -0.3 is 4.42 Å². The Morgan fingerprint density at radius 1 is 0.587 bits per heavy atom. The second-order valence-electron chi connectivity index (χ2n) is 12.2. The van der Waals surface area contributed by atoms with Crippen LogP contribution < -0.4 is 27.3 Å². The van der Waals surface area contributed by atoms with Crippen LogP contribution in [0.4, 0.5) is 0 Å². The van der Waals surface area contributed by atoms with E-state index in [1.807, 2.05) is 36.4 Å². The first-order valence-corrected chi connectivity index (χ1v) is 15.3. The van der Waals surface area contributed by atoms with E-state index in [-0.39, 0.29) is 33.1 Å². The van der Waals surface area contributed by atoms with E-state index in [9.17, 15) is 0 Å². The maximum absolute atomic E-state index is 6.59. The van der Waals surface area contributed by atoms with E-state index in [0.717, 1.165) is 40.3 Å². The first-order valence-electron chi connectivity index (χ1n) is 15.3. The lowest BCUT2D eigenvalue weighted by Gasteiger charge is -2.48. The van der Waals surface area contributed by atoms with Gasteiger partial charge in [0.05, 0.1) is 5.41 Å². The highest BCUT2D eigenvalue weighted by Gasteiger charge is 2.51. The van der Waals surface area contributed by atoms with Crippen molar-refractivity contribution in [1.29, 1.82) is 0 Å². The van der Waals surface area contributed by atoms with Crippen molar-refractivity contribution in [1.82, 2.24) is 15.0 Å². The van der Waals surface area contributed by atoms with Gasteiger partial charge in [-0.15, -0.1) is 16.4 Å². The van der Waals surface area contributed by atoms with Gasteiger partial charge in [-0.1, -0.05) is 83.7 Å². The molecule has 46 heavy (non-hydrogen) atoms. The Labute approximate surface area is 273 Å². The number of fused-ring (bicyclic) bond motifs is 4. The van der Waals surface area contributed by atoms with Crippen molar-refractivity contribution in [2.24, 2.45) is 0 Å². The molecular weight excluding hydrogens is 556 g/mol. The number of aromatic nitrogens is 3. The van der Waals surface area contributed by atoms with Gasteiger partial charge in [0, 0.05) is 27.8 Å².